The number of anilines is 1. The first-order valence-electron chi connectivity index (χ1n) is 10.4. The number of hydrogen-bond acceptors (Lipinski definition) is 4. The molecular weight excluding hydrogens is 441 g/mol. The molecule has 0 radical (unpaired) electrons. The number of aromatic nitrogens is 1. The Morgan fingerprint density at radius 3 is 2.30 bits per heavy atom. The van der Waals surface area contributed by atoms with Gasteiger partial charge >= 0.3 is 0 Å². The van der Waals surface area contributed by atoms with E-state index in [1.165, 1.54) is 17.0 Å². The topological polar surface area (TPSA) is 63.6 Å². The molecule has 0 spiro atoms. The first kappa shape index (κ1) is 22.4. The van der Waals surface area contributed by atoms with E-state index in [0.29, 0.717) is 23.6 Å². The molecule has 4 rings (SSSR count). The molecule has 1 fully saturated rings. The molecule has 1 aliphatic rings. The molecule has 8 heteroatoms. The van der Waals surface area contributed by atoms with Gasteiger partial charge in [-0.15, -0.1) is 0 Å². The third kappa shape index (κ3) is 4.29. The number of carbonyl (C=O) groups is 2. The van der Waals surface area contributed by atoms with Gasteiger partial charge in [-0.2, -0.15) is 0 Å². The Labute approximate surface area is 196 Å². The van der Waals surface area contributed by atoms with E-state index in [2.05, 4.69) is 5.32 Å². The fourth-order valence-corrected chi connectivity index (χ4v) is 4.11. The minimum Gasteiger partial charge on any atom is -0.494 e. The Bertz CT molecular complexity index is 1280. The van der Waals surface area contributed by atoms with Gasteiger partial charge < -0.3 is 9.30 Å². The maximum absolute atomic E-state index is 13.3. The summed E-state index contributed by atoms with van der Waals surface area (Å²) in [6.07, 6.45) is 1.56. The summed E-state index contributed by atoms with van der Waals surface area (Å²) in [5.74, 6) is -0.721. The number of hydrogen-bond donors (Lipinski definition) is 1. The average Bonchev–Trinajstić information content (AvgIpc) is 3.06. The SMILES string of the molecule is CCOc1ccc(N2C(=O)/C(=C\c3cc(C)n(-c4ccc(F)cc4)c3C)C(=O)NC2=S)cc1. The molecule has 0 atom stereocenters. The van der Waals surface area contributed by atoms with Crippen molar-refractivity contribution in [2.45, 2.75) is 20.8 Å². The van der Waals surface area contributed by atoms with Crippen molar-refractivity contribution in [3.63, 3.8) is 0 Å². The van der Waals surface area contributed by atoms with Crippen molar-refractivity contribution >= 4 is 40.9 Å². The Morgan fingerprint density at radius 1 is 1.03 bits per heavy atom. The van der Waals surface area contributed by atoms with Crippen molar-refractivity contribution in [2.24, 2.45) is 0 Å². The molecule has 1 aliphatic heterocycles. The minimum atomic E-state index is -0.557. The van der Waals surface area contributed by atoms with Gasteiger partial charge in [-0.3, -0.25) is 19.8 Å². The predicted octanol–water partition coefficient (Wildman–Crippen LogP) is 4.46. The van der Waals surface area contributed by atoms with Crippen LogP contribution in [0.2, 0.25) is 0 Å². The highest BCUT2D eigenvalue weighted by Gasteiger charge is 2.34. The van der Waals surface area contributed by atoms with Crippen LogP contribution >= 0.6 is 12.2 Å². The number of amides is 2. The van der Waals surface area contributed by atoms with Gasteiger partial charge in [-0.25, -0.2) is 4.39 Å². The molecule has 0 aliphatic carbocycles. The highest BCUT2D eigenvalue weighted by molar-refractivity contribution is 7.80. The fourth-order valence-electron chi connectivity index (χ4n) is 3.83. The molecule has 0 saturated carbocycles. The normalized spacial score (nSPS) is 15.2. The summed E-state index contributed by atoms with van der Waals surface area (Å²) in [5.41, 5.74) is 3.68. The van der Waals surface area contributed by atoms with Gasteiger partial charge in [0.15, 0.2) is 5.11 Å². The van der Waals surface area contributed by atoms with E-state index in [-0.39, 0.29) is 16.5 Å². The molecule has 168 valence electrons. The summed E-state index contributed by atoms with van der Waals surface area (Å²) in [4.78, 5) is 27.3. The maximum atomic E-state index is 13.3. The zero-order chi connectivity index (χ0) is 23.7. The van der Waals surface area contributed by atoms with Crippen molar-refractivity contribution in [3.05, 3.63) is 82.9 Å². The second kappa shape index (κ2) is 8.99. The fraction of sp³-hybridized carbons (Fsp3) is 0.160. The Morgan fingerprint density at radius 2 is 1.67 bits per heavy atom. The van der Waals surface area contributed by atoms with E-state index >= 15 is 0 Å². The Kier molecular flexibility index (Phi) is 6.11. The van der Waals surface area contributed by atoms with E-state index in [1.54, 1.807) is 42.5 Å². The predicted molar refractivity (Wildman–Crippen MR) is 129 cm³/mol. The largest absolute Gasteiger partial charge is 0.494 e. The van der Waals surface area contributed by atoms with Crippen LogP contribution in [-0.2, 0) is 9.59 Å². The molecular formula is C25H22FN3O3S. The van der Waals surface area contributed by atoms with E-state index in [4.69, 9.17) is 17.0 Å². The van der Waals surface area contributed by atoms with Gasteiger partial charge in [-0.05, 0) is 99.2 Å². The monoisotopic (exact) mass is 463 g/mol. The standard InChI is InChI=1S/C25H22FN3O3S/c1-4-32-21-11-9-20(10-12-21)29-24(31)22(23(30)27-25(29)33)14-17-13-15(2)28(16(17)3)19-7-5-18(26)6-8-19/h5-14H,4H2,1-3H3,(H,27,30,33)/b22-14-. The van der Waals surface area contributed by atoms with Crippen LogP contribution in [0.1, 0.15) is 23.9 Å². The summed E-state index contributed by atoms with van der Waals surface area (Å²) in [7, 11) is 0. The van der Waals surface area contributed by atoms with Crippen LogP contribution in [0, 0.1) is 19.7 Å². The van der Waals surface area contributed by atoms with Crippen molar-refractivity contribution in [1.82, 2.24) is 9.88 Å². The lowest BCUT2D eigenvalue weighted by Crippen LogP contribution is -2.54. The molecule has 2 heterocycles. The number of halogens is 1. The summed E-state index contributed by atoms with van der Waals surface area (Å²) in [5, 5.41) is 2.61. The lowest BCUT2D eigenvalue weighted by atomic mass is 10.1. The number of ether oxygens (including phenoxy) is 1. The van der Waals surface area contributed by atoms with Gasteiger partial charge in [0.05, 0.1) is 12.3 Å². The zero-order valence-corrected chi connectivity index (χ0v) is 19.2. The highest BCUT2D eigenvalue weighted by atomic mass is 32.1. The third-order valence-electron chi connectivity index (χ3n) is 5.36. The smallest absolute Gasteiger partial charge is 0.270 e. The molecule has 33 heavy (non-hydrogen) atoms. The molecule has 1 saturated heterocycles. The minimum absolute atomic E-state index is 0.0168. The van der Waals surface area contributed by atoms with Crippen LogP contribution in [0.5, 0.6) is 5.75 Å². The van der Waals surface area contributed by atoms with Crippen molar-refractivity contribution in [2.75, 3.05) is 11.5 Å². The van der Waals surface area contributed by atoms with Crippen molar-refractivity contribution in [1.29, 1.82) is 0 Å². The lowest BCUT2D eigenvalue weighted by Gasteiger charge is -2.29. The summed E-state index contributed by atoms with van der Waals surface area (Å²) < 4.78 is 20.7. The molecule has 1 N–H and O–H groups in total. The number of aryl methyl sites for hydroxylation is 1. The second-order valence-electron chi connectivity index (χ2n) is 7.52. The number of nitrogens with one attached hydrogen (secondary N) is 1. The molecule has 1 aromatic heterocycles. The molecule has 0 bridgehead atoms. The quantitative estimate of drug-likeness (QED) is 0.345. The van der Waals surface area contributed by atoms with Crippen LogP contribution in [0.4, 0.5) is 10.1 Å². The number of carbonyl (C=O) groups excluding carboxylic acids is 2. The van der Waals surface area contributed by atoms with Crippen LogP contribution in [0.25, 0.3) is 11.8 Å². The molecule has 2 aromatic carbocycles. The molecule has 6 nitrogen and oxygen atoms in total. The van der Waals surface area contributed by atoms with Crippen LogP contribution in [0.3, 0.4) is 0 Å². The average molecular weight is 464 g/mol. The van der Waals surface area contributed by atoms with Crippen LogP contribution in [-0.4, -0.2) is 28.1 Å². The number of rotatable bonds is 5. The lowest BCUT2D eigenvalue weighted by molar-refractivity contribution is -0.122. The van der Waals surface area contributed by atoms with Crippen LogP contribution < -0.4 is 15.0 Å². The highest BCUT2D eigenvalue weighted by Crippen LogP contribution is 2.27. The van der Waals surface area contributed by atoms with Crippen LogP contribution in [0.15, 0.2) is 60.2 Å². The van der Waals surface area contributed by atoms with E-state index in [9.17, 15) is 14.0 Å². The van der Waals surface area contributed by atoms with Crippen molar-refractivity contribution in [3.8, 4) is 11.4 Å². The van der Waals surface area contributed by atoms with Crippen molar-refractivity contribution < 1.29 is 18.7 Å². The van der Waals surface area contributed by atoms with Gasteiger partial charge in [0, 0.05) is 17.1 Å². The molecule has 2 amide bonds. The van der Waals surface area contributed by atoms with Gasteiger partial charge in [-0.1, -0.05) is 0 Å². The summed E-state index contributed by atoms with van der Waals surface area (Å²) in [6.45, 7) is 6.20. The first-order chi connectivity index (χ1) is 15.8. The Hall–Kier alpha value is -3.78. The van der Waals surface area contributed by atoms with E-state index < -0.39 is 11.8 Å². The first-order valence-corrected chi connectivity index (χ1v) is 10.8. The number of thiocarbonyl (C=S) groups is 1. The Balaban J connectivity index is 1.71. The number of benzene rings is 2. The third-order valence-corrected chi connectivity index (χ3v) is 5.65. The van der Waals surface area contributed by atoms with Gasteiger partial charge in [0.2, 0.25) is 0 Å². The van der Waals surface area contributed by atoms with E-state index in [0.717, 1.165) is 17.1 Å². The molecule has 0 unspecified atom stereocenters. The second-order valence-corrected chi connectivity index (χ2v) is 7.91. The van der Waals surface area contributed by atoms with Gasteiger partial charge in [0.25, 0.3) is 11.8 Å². The van der Waals surface area contributed by atoms with Gasteiger partial charge in [0.1, 0.15) is 17.1 Å². The number of nitrogens with zero attached hydrogens (tertiary/aromatic N) is 2. The molecule has 3 aromatic rings. The maximum Gasteiger partial charge on any atom is 0.270 e. The van der Waals surface area contributed by atoms with E-state index in [1.807, 2.05) is 31.4 Å². The summed E-state index contributed by atoms with van der Waals surface area (Å²) >= 11 is 5.27. The summed E-state index contributed by atoms with van der Waals surface area (Å²) in [6, 6.07) is 14.9. The zero-order valence-electron chi connectivity index (χ0n) is 18.4.